The summed E-state index contributed by atoms with van der Waals surface area (Å²) in [4.78, 5) is 0. The van der Waals surface area contributed by atoms with E-state index in [-0.39, 0.29) is 11.5 Å². The lowest BCUT2D eigenvalue weighted by atomic mass is 9.52. The Hall–Kier alpha value is -1.74. The molecule has 1 aromatic rings. The van der Waals surface area contributed by atoms with E-state index in [1.54, 1.807) is 7.11 Å². The van der Waals surface area contributed by atoms with E-state index in [0.717, 1.165) is 37.9 Å². The highest BCUT2D eigenvalue weighted by Gasteiger charge is 2.53. The van der Waals surface area contributed by atoms with Crippen LogP contribution in [0.5, 0.6) is 5.75 Å². The highest BCUT2D eigenvalue weighted by atomic mass is 16.7. The summed E-state index contributed by atoms with van der Waals surface area (Å²) in [5.74, 6) is 2.09. The number of aliphatic hydroxyl groups is 4. The Morgan fingerprint density at radius 3 is 2.58 bits per heavy atom. The van der Waals surface area contributed by atoms with Crippen LogP contribution in [0.2, 0.25) is 0 Å². The molecule has 4 N–H and O–H groups in total. The smallest absolute Gasteiger partial charge is 0.187 e. The molecule has 0 spiro atoms. The van der Waals surface area contributed by atoms with E-state index in [1.807, 2.05) is 12.2 Å². The normalized spacial score (nSPS) is 38.9. The van der Waals surface area contributed by atoms with Crippen LogP contribution in [0.1, 0.15) is 56.1 Å². The minimum atomic E-state index is -1.47. The fourth-order valence-electron chi connectivity index (χ4n) is 7.03. The fourth-order valence-corrected chi connectivity index (χ4v) is 7.03. The van der Waals surface area contributed by atoms with E-state index >= 15 is 0 Å². The van der Waals surface area contributed by atoms with Crippen molar-refractivity contribution in [1.82, 2.24) is 0 Å². The first-order chi connectivity index (χ1) is 17.3. The molecule has 2 fully saturated rings. The zero-order chi connectivity index (χ0) is 26.0. The van der Waals surface area contributed by atoms with Crippen LogP contribution >= 0.6 is 0 Å². The maximum Gasteiger partial charge on any atom is 0.187 e. The molecule has 200 valence electrons. The molecule has 10 atom stereocenters. The quantitative estimate of drug-likeness (QED) is 0.384. The molecule has 7 nitrogen and oxygen atoms in total. The molecule has 3 aliphatic rings. The largest absolute Gasteiger partial charge is 0.497 e. The molecule has 0 aromatic heterocycles. The van der Waals surface area contributed by atoms with Crippen molar-refractivity contribution < 1.29 is 34.6 Å². The highest BCUT2D eigenvalue weighted by Crippen LogP contribution is 2.58. The Morgan fingerprint density at radius 1 is 1.14 bits per heavy atom. The first kappa shape index (κ1) is 27.3. The minimum Gasteiger partial charge on any atom is -0.497 e. The molecule has 2 aliphatic carbocycles. The zero-order valence-electron chi connectivity index (χ0n) is 21.5. The summed E-state index contributed by atoms with van der Waals surface area (Å²) >= 11 is 0. The summed E-state index contributed by atoms with van der Waals surface area (Å²) in [6.45, 7) is 9.78. The molecule has 0 amide bonds. The summed E-state index contributed by atoms with van der Waals surface area (Å²) in [6, 6.07) is 6.45. The average Bonchev–Trinajstić information content (AvgIpc) is 2.89. The van der Waals surface area contributed by atoms with Gasteiger partial charge in [0.1, 0.15) is 30.2 Å². The van der Waals surface area contributed by atoms with Gasteiger partial charge < -0.3 is 34.6 Å². The van der Waals surface area contributed by atoms with Gasteiger partial charge in [0.25, 0.3) is 0 Å². The van der Waals surface area contributed by atoms with Gasteiger partial charge in [0.15, 0.2) is 6.29 Å². The Balaban J connectivity index is 1.61. The van der Waals surface area contributed by atoms with Gasteiger partial charge in [0.05, 0.1) is 19.8 Å². The van der Waals surface area contributed by atoms with E-state index in [2.05, 4.69) is 38.3 Å². The number of allylic oxidation sites excluding steroid dienone is 1. The van der Waals surface area contributed by atoms with Crippen molar-refractivity contribution in [2.24, 2.45) is 17.3 Å². The monoisotopic (exact) mass is 502 g/mol. The van der Waals surface area contributed by atoms with Crippen LogP contribution in [-0.4, -0.2) is 71.0 Å². The van der Waals surface area contributed by atoms with Crippen LogP contribution in [0.4, 0.5) is 0 Å². The van der Waals surface area contributed by atoms with E-state index in [0.29, 0.717) is 24.2 Å². The second kappa shape index (κ2) is 11.3. The molecule has 0 radical (unpaired) electrons. The van der Waals surface area contributed by atoms with Crippen LogP contribution in [0, 0.1) is 17.3 Å². The van der Waals surface area contributed by atoms with Crippen molar-refractivity contribution in [3.63, 3.8) is 0 Å². The minimum absolute atomic E-state index is 0.258. The molecule has 1 saturated heterocycles. The first-order valence-corrected chi connectivity index (χ1v) is 13.1. The predicted molar refractivity (Wildman–Crippen MR) is 137 cm³/mol. The molecule has 36 heavy (non-hydrogen) atoms. The molecule has 1 heterocycles. The molecule has 1 saturated carbocycles. The SMILES string of the molecule is C=CC[C@H](O[C@H]1O[C@H](CO)[C@@H](O)[C@H](O)[C@@H]1O)[C@@]1(C)CC[C@@H]2c3ccc(OC)cc3CC[C@H]2[C@@H]1CC=C. The molecule has 1 aromatic carbocycles. The Kier molecular flexibility index (Phi) is 8.60. The lowest BCUT2D eigenvalue weighted by Gasteiger charge is -2.55. The summed E-state index contributed by atoms with van der Waals surface area (Å²) in [7, 11) is 1.70. The van der Waals surface area contributed by atoms with Crippen LogP contribution in [0.3, 0.4) is 0 Å². The van der Waals surface area contributed by atoms with Crippen LogP contribution in [0.25, 0.3) is 0 Å². The van der Waals surface area contributed by atoms with E-state index < -0.39 is 37.3 Å². The summed E-state index contributed by atoms with van der Waals surface area (Å²) in [6.07, 6.45) is 2.38. The lowest BCUT2D eigenvalue weighted by molar-refractivity contribution is -0.322. The second-order valence-corrected chi connectivity index (χ2v) is 10.9. The number of aryl methyl sites for hydroxylation is 1. The molecular formula is C29H42O7. The van der Waals surface area contributed by atoms with Crippen molar-refractivity contribution in [2.45, 2.75) is 88.2 Å². The third-order valence-electron chi connectivity index (χ3n) is 9.06. The summed E-state index contributed by atoms with van der Waals surface area (Å²) < 4.78 is 17.6. The number of rotatable bonds is 9. The van der Waals surface area contributed by atoms with Gasteiger partial charge in [-0.2, -0.15) is 0 Å². The van der Waals surface area contributed by atoms with Crippen molar-refractivity contribution in [1.29, 1.82) is 0 Å². The van der Waals surface area contributed by atoms with Gasteiger partial charge in [-0.15, -0.1) is 13.2 Å². The van der Waals surface area contributed by atoms with Gasteiger partial charge >= 0.3 is 0 Å². The van der Waals surface area contributed by atoms with Crippen molar-refractivity contribution >= 4 is 0 Å². The van der Waals surface area contributed by atoms with Crippen molar-refractivity contribution in [3.05, 3.63) is 54.6 Å². The average molecular weight is 503 g/mol. The van der Waals surface area contributed by atoms with Gasteiger partial charge in [0, 0.05) is 0 Å². The highest BCUT2D eigenvalue weighted by molar-refractivity contribution is 5.40. The van der Waals surface area contributed by atoms with Gasteiger partial charge in [-0.3, -0.25) is 0 Å². The van der Waals surface area contributed by atoms with Crippen LogP contribution in [0.15, 0.2) is 43.5 Å². The molecule has 7 heteroatoms. The molecular weight excluding hydrogens is 460 g/mol. The molecule has 1 aliphatic heterocycles. The van der Waals surface area contributed by atoms with E-state index in [1.165, 1.54) is 11.1 Å². The van der Waals surface area contributed by atoms with Crippen molar-refractivity contribution in [3.8, 4) is 5.75 Å². The summed E-state index contributed by atoms with van der Waals surface area (Å²) in [5, 5.41) is 40.7. The molecule has 0 bridgehead atoms. The van der Waals surface area contributed by atoms with Gasteiger partial charge in [-0.1, -0.05) is 25.1 Å². The first-order valence-electron chi connectivity index (χ1n) is 13.1. The summed E-state index contributed by atoms with van der Waals surface area (Å²) in [5.41, 5.74) is 2.53. The topological polar surface area (TPSA) is 109 Å². The van der Waals surface area contributed by atoms with Crippen LogP contribution in [-0.2, 0) is 15.9 Å². The number of aliphatic hydroxyl groups excluding tert-OH is 4. The van der Waals surface area contributed by atoms with E-state index in [4.69, 9.17) is 14.2 Å². The zero-order valence-corrected chi connectivity index (χ0v) is 21.5. The fraction of sp³-hybridized carbons (Fsp3) is 0.655. The maximum atomic E-state index is 10.6. The standard InChI is InChI=1S/C29H42O7/c1-5-7-22-21-11-9-17-15-18(34-4)10-12-19(17)20(21)13-14-29(22,3)24(8-6-2)36-28-27(33)26(32)25(31)23(16-30)35-28/h5-6,10,12,15,20-28,30-33H,1-2,7-9,11,13-14,16H2,3-4H3/t20-,21-,22+,23-,24+,25-,26+,27+,28-,29+/m1/s1. The van der Waals surface area contributed by atoms with Gasteiger partial charge in [-0.25, -0.2) is 0 Å². The molecule has 4 rings (SSSR count). The predicted octanol–water partition coefficient (Wildman–Crippen LogP) is 3.09. The van der Waals surface area contributed by atoms with E-state index in [9.17, 15) is 20.4 Å². The Labute approximate surface area is 214 Å². The third-order valence-corrected chi connectivity index (χ3v) is 9.06. The van der Waals surface area contributed by atoms with Gasteiger partial charge in [-0.05, 0) is 85.0 Å². The number of benzene rings is 1. The molecule has 0 unspecified atom stereocenters. The Morgan fingerprint density at radius 2 is 1.92 bits per heavy atom. The van der Waals surface area contributed by atoms with Crippen molar-refractivity contribution in [2.75, 3.05) is 13.7 Å². The van der Waals surface area contributed by atoms with Gasteiger partial charge in [0.2, 0.25) is 0 Å². The number of fused-ring (bicyclic) bond motifs is 3. The Bertz CT molecular complexity index is 917. The number of methoxy groups -OCH3 is 1. The maximum absolute atomic E-state index is 10.6. The third kappa shape index (κ3) is 4.89. The lowest BCUT2D eigenvalue weighted by Crippen LogP contribution is -2.61. The number of hydrogen-bond acceptors (Lipinski definition) is 7. The van der Waals surface area contributed by atoms with Crippen LogP contribution < -0.4 is 4.74 Å². The number of ether oxygens (including phenoxy) is 3. The second-order valence-electron chi connectivity index (χ2n) is 10.9. The number of hydrogen-bond donors (Lipinski definition) is 4.